The summed E-state index contributed by atoms with van der Waals surface area (Å²) in [5.41, 5.74) is 5.69. The molecular weight excluding hydrogens is 412 g/mol. The monoisotopic (exact) mass is 436 g/mol. The van der Waals surface area contributed by atoms with E-state index in [1.54, 1.807) is 25.3 Å². The minimum atomic E-state index is -3.30. The molecule has 0 saturated heterocycles. The number of methoxy groups -OCH3 is 1. The highest BCUT2D eigenvalue weighted by Crippen LogP contribution is 2.33. The standard InChI is InChI=1S/C24H24N2O4S/c1-16-21(17-7-10-20(30-2)11-8-17)5-4-6-22(16)24(27)25-19-9-12-23-18(15-19)13-14-26(23)31(3,28)29/h4-12,15H,13-14H2,1-3H3,(H,25,27). The molecule has 4 rings (SSSR count). The van der Waals surface area contributed by atoms with Gasteiger partial charge in [-0.2, -0.15) is 0 Å². The molecule has 1 N–H and O–H groups in total. The molecule has 31 heavy (non-hydrogen) atoms. The Morgan fingerprint density at radius 3 is 2.48 bits per heavy atom. The molecule has 0 aromatic heterocycles. The van der Waals surface area contributed by atoms with Crippen LogP contribution in [0.25, 0.3) is 11.1 Å². The lowest BCUT2D eigenvalue weighted by Gasteiger charge is -2.17. The van der Waals surface area contributed by atoms with Crippen LogP contribution in [0, 0.1) is 6.92 Å². The van der Waals surface area contributed by atoms with Gasteiger partial charge in [-0.15, -0.1) is 0 Å². The summed E-state index contributed by atoms with van der Waals surface area (Å²) in [6.45, 7) is 2.36. The van der Waals surface area contributed by atoms with Gasteiger partial charge in [-0.25, -0.2) is 8.42 Å². The van der Waals surface area contributed by atoms with Crippen LogP contribution in [0.3, 0.4) is 0 Å². The number of ether oxygens (including phenoxy) is 1. The zero-order valence-electron chi connectivity index (χ0n) is 17.7. The normalized spacial score (nSPS) is 13.1. The quantitative estimate of drug-likeness (QED) is 0.649. The first-order chi connectivity index (χ1) is 14.8. The minimum Gasteiger partial charge on any atom is -0.497 e. The molecule has 0 bridgehead atoms. The molecule has 1 aliphatic rings. The van der Waals surface area contributed by atoms with Gasteiger partial charge in [0.15, 0.2) is 0 Å². The Balaban J connectivity index is 1.58. The van der Waals surface area contributed by atoms with Crippen molar-refractivity contribution < 1.29 is 17.9 Å². The van der Waals surface area contributed by atoms with E-state index in [0.29, 0.717) is 29.9 Å². The van der Waals surface area contributed by atoms with E-state index in [9.17, 15) is 13.2 Å². The van der Waals surface area contributed by atoms with Crippen LogP contribution in [0.4, 0.5) is 11.4 Å². The molecule has 0 unspecified atom stereocenters. The number of anilines is 2. The fourth-order valence-electron chi connectivity index (χ4n) is 3.96. The number of carbonyl (C=O) groups is 1. The molecule has 160 valence electrons. The van der Waals surface area contributed by atoms with Crippen LogP contribution in [0.2, 0.25) is 0 Å². The van der Waals surface area contributed by atoms with E-state index < -0.39 is 10.0 Å². The van der Waals surface area contributed by atoms with E-state index in [-0.39, 0.29) is 5.91 Å². The highest BCUT2D eigenvalue weighted by atomic mass is 32.2. The Labute approximate surface area is 182 Å². The van der Waals surface area contributed by atoms with E-state index >= 15 is 0 Å². The smallest absolute Gasteiger partial charge is 0.255 e. The summed E-state index contributed by atoms with van der Waals surface area (Å²) in [4.78, 5) is 13.0. The van der Waals surface area contributed by atoms with Crippen molar-refractivity contribution in [3.05, 3.63) is 77.4 Å². The van der Waals surface area contributed by atoms with Gasteiger partial charge in [0.2, 0.25) is 10.0 Å². The summed E-state index contributed by atoms with van der Waals surface area (Å²) in [5, 5.41) is 2.95. The van der Waals surface area contributed by atoms with Crippen molar-refractivity contribution in [1.82, 2.24) is 0 Å². The second-order valence-electron chi connectivity index (χ2n) is 7.59. The zero-order chi connectivity index (χ0) is 22.2. The van der Waals surface area contributed by atoms with Crippen LogP contribution >= 0.6 is 0 Å². The molecule has 0 spiro atoms. The van der Waals surface area contributed by atoms with E-state index in [4.69, 9.17) is 4.74 Å². The zero-order valence-corrected chi connectivity index (χ0v) is 18.5. The number of hydrogen-bond acceptors (Lipinski definition) is 4. The first-order valence-electron chi connectivity index (χ1n) is 9.94. The third-order valence-electron chi connectivity index (χ3n) is 5.57. The Morgan fingerprint density at radius 2 is 1.81 bits per heavy atom. The van der Waals surface area contributed by atoms with E-state index in [2.05, 4.69) is 5.32 Å². The number of rotatable bonds is 5. The highest BCUT2D eigenvalue weighted by Gasteiger charge is 2.26. The van der Waals surface area contributed by atoms with Crippen LogP contribution in [0.1, 0.15) is 21.5 Å². The Hall–Kier alpha value is -3.32. The second kappa shape index (κ2) is 8.07. The Bertz CT molecular complexity index is 1250. The number of nitrogens with one attached hydrogen (secondary N) is 1. The number of amides is 1. The van der Waals surface area contributed by atoms with Crippen LogP contribution in [0.15, 0.2) is 60.7 Å². The van der Waals surface area contributed by atoms with Gasteiger partial charge in [-0.1, -0.05) is 24.3 Å². The van der Waals surface area contributed by atoms with E-state index in [0.717, 1.165) is 28.0 Å². The largest absolute Gasteiger partial charge is 0.497 e. The maximum Gasteiger partial charge on any atom is 0.255 e. The van der Waals surface area contributed by atoms with Gasteiger partial charge in [0.25, 0.3) is 5.91 Å². The summed E-state index contributed by atoms with van der Waals surface area (Å²) in [5.74, 6) is 0.576. The molecule has 3 aromatic rings. The van der Waals surface area contributed by atoms with Crippen LogP contribution in [0.5, 0.6) is 5.75 Å². The van der Waals surface area contributed by atoms with E-state index in [1.165, 1.54) is 10.6 Å². The van der Waals surface area contributed by atoms with Crippen molar-refractivity contribution in [3.8, 4) is 16.9 Å². The molecule has 7 heteroatoms. The molecule has 0 aliphatic carbocycles. The fourth-order valence-corrected chi connectivity index (χ4v) is 4.92. The summed E-state index contributed by atoms with van der Waals surface area (Å²) >= 11 is 0. The topological polar surface area (TPSA) is 75.7 Å². The maximum atomic E-state index is 13.0. The van der Waals surface area contributed by atoms with Crippen molar-refractivity contribution in [2.75, 3.05) is 29.5 Å². The number of benzene rings is 3. The molecule has 1 aliphatic heterocycles. The van der Waals surface area contributed by atoms with Crippen LogP contribution in [-0.4, -0.2) is 34.2 Å². The molecule has 1 heterocycles. The van der Waals surface area contributed by atoms with Crippen molar-refractivity contribution in [2.45, 2.75) is 13.3 Å². The predicted octanol–water partition coefficient (Wildman–Crippen LogP) is 4.25. The van der Waals surface area contributed by atoms with Crippen molar-refractivity contribution >= 4 is 27.3 Å². The van der Waals surface area contributed by atoms with Gasteiger partial charge in [-0.05, 0) is 72.0 Å². The van der Waals surface area contributed by atoms with Gasteiger partial charge >= 0.3 is 0 Å². The SMILES string of the molecule is COc1ccc(-c2cccc(C(=O)Nc3ccc4c(c3)CCN4S(C)(=O)=O)c2C)cc1. The molecule has 1 amide bonds. The Morgan fingerprint density at radius 1 is 1.06 bits per heavy atom. The first kappa shape index (κ1) is 20.9. The number of hydrogen-bond donors (Lipinski definition) is 1. The highest BCUT2D eigenvalue weighted by molar-refractivity contribution is 7.92. The lowest BCUT2D eigenvalue weighted by molar-refractivity contribution is 0.102. The van der Waals surface area contributed by atoms with Crippen LogP contribution < -0.4 is 14.4 Å². The van der Waals surface area contributed by atoms with Crippen molar-refractivity contribution in [1.29, 1.82) is 0 Å². The molecular formula is C24H24N2O4S. The Kier molecular flexibility index (Phi) is 5.45. The first-order valence-corrected chi connectivity index (χ1v) is 11.8. The molecule has 0 fully saturated rings. The van der Waals surface area contributed by atoms with Crippen LogP contribution in [-0.2, 0) is 16.4 Å². The predicted molar refractivity (Wildman–Crippen MR) is 123 cm³/mol. The van der Waals surface area contributed by atoms with Crippen molar-refractivity contribution in [2.24, 2.45) is 0 Å². The van der Waals surface area contributed by atoms with Gasteiger partial charge in [0, 0.05) is 17.8 Å². The second-order valence-corrected chi connectivity index (χ2v) is 9.50. The third-order valence-corrected chi connectivity index (χ3v) is 6.75. The minimum absolute atomic E-state index is 0.203. The van der Waals surface area contributed by atoms with Gasteiger partial charge in [0.05, 0.1) is 19.1 Å². The number of fused-ring (bicyclic) bond motifs is 1. The van der Waals surface area contributed by atoms with Crippen molar-refractivity contribution in [3.63, 3.8) is 0 Å². The number of carbonyl (C=O) groups excluding carboxylic acids is 1. The average molecular weight is 437 g/mol. The number of sulfonamides is 1. The maximum absolute atomic E-state index is 13.0. The van der Waals surface area contributed by atoms with Gasteiger partial charge in [0.1, 0.15) is 5.75 Å². The summed E-state index contributed by atoms with van der Waals surface area (Å²) < 4.78 is 30.4. The summed E-state index contributed by atoms with van der Waals surface area (Å²) in [7, 11) is -1.67. The molecule has 0 radical (unpaired) electrons. The fraction of sp³-hybridized carbons (Fsp3) is 0.208. The van der Waals surface area contributed by atoms with Gasteiger partial charge < -0.3 is 10.1 Å². The average Bonchev–Trinajstić information content (AvgIpc) is 3.18. The molecule has 0 atom stereocenters. The molecule has 0 saturated carbocycles. The third kappa shape index (κ3) is 4.14. The molecule has 3 aromatic carbocycles. The lowest BCUT2D eigenvalue weighted by atomic mass is 9.96. The summed E-state index contributed by atoms with van der Waals surface area (Å²) in [6, 6.07) is 18.7. The summed E-state index contributed by atoms with van der Waals surface area (Å²) in [6.07, 6.45) is 1.83. The van der Waals surface area contributed by atoms with E-state index in [1.807, 2.05) is 49.4 Å². The lowest BCUT2D eigenvalue weighted by Crippen LogP contribution is -2.27. The number of nitrogens with zero attached hydrogens (tertiary/aromatic N) is 1. The molecule has 6 nitrogen and oxygen atoms in total. The van der Waals surface area contributed by atoms with Gasteiger partial charge in [-0.3, -0.25) is 9.10 Å².